The van der Waals surface area contributed by atoms with Gasteiger partial charge in [-0.3, -0.25) is 0 Å². The molecule has 2 N–H and O–H groups in total. The molecule has 0 bridgehead atoms. The number of carbonyl (C=O) groups is 1. The molecule has 1 aromatic rings. The van der Waals surface area contributed by atoms with Crippen LogP contribution in [0.4, 0.5) is 4.79 Å². The Morgan fingerprint density at radius 1 is 1.55 bits per heavy atom. The second-order valence-corrected chi connectivity index (χ2v) is 6.64. The lowest BCUT2D eigenvalue weighted by atomic mass is 9.95. The summed E-state index contributed by atoms with van der Waals surface area (Å²) in [6.07, 6.45) is -0.186. The first-order valence-electron chi connectivity index (χ1n) is 6.15. The summed E-state index contributed by atoms with van der Waals surface area (Å²) in [6.45, 7) is 6.01. The van der Waals surface area contributed by atoms with E-state index in [0.29, 0.717) is 18.1 Å². The van der Waals surface area contributed by atoms with Crippen LogP contribution < -0.4 is 10.5 Å². The van der Waals surface area contributed by atoms with E-state index in [0.717, 1.165) is 3.70 Å². The van der Waals surface area contributed by atoms with E-state index >= 15 is 0 Å². The Bertz CT molecular complexity index is 485. The Morgan fingerprint density at radius 3 is 2.70 bits per heavy atom. The molecule has 0 fully saturated rings. The number of hydrogen-bond donors (Lipinski definition) is 1. The Kier molecular flexibility index (Phi) is 6.32. The Hall–Kier alpha value is -0.760. The van der Waals surface area contributed by atoms with Crippen LogP contribution in [0.2, 0.25) is 5.15 Å². The van der Waals surface area contributed by atoms with E-state index in [2.05, 4.69) is 27.6 Å². The van der Waals surface area contributed by atoms with Crippen molar-refractivity contribution in [3.8, 4) is 5.75 Å². The molecule has 1 heterocycles. The van der Waals surface area contributed by atoms with Crippen molar-refractivity contribution in [3.63, 3.8) is 0 Å². The van der Waals surface area contributed by atoms with Gasteiger partial charge in [0.05, 0.1) is 0 Å². The van der Waals surface area contributed by atoms with Gasteiger partial charge in [0.25, 0.3) is 0 Å². The Balaban J connectivity index is 2.77. The highest BCUT2D eigenvalue weighted by Crippen LogP contribution is 2.27. The maximum absolute atomic E-state index is 11.0. The first-order valence-corrected chi connectivity index (χ1v) is 7.61. The lowest BCUT2D eigenvalue weighted by Crippen LogP contribution is -2.41. The van der Waals surface area contributed by atoms with Crippen LogP contribution in [0.15, 0.2) is 12.1 Å². The molecule has 1 unspecified atom stereocenters. The number of rotatable bonds is 6. The van der Waals surface area contributed by atoms with E-state index in [1.54, 1.807) is 19.1 Å². The van der Waals surface area contributed by atoms with Crippen molar-refractivity contribution < 1.29 is 14.3 Å². The predicted octanol–water partition coefficient (Wildman–Crippen LogP) is 3.62. The molecule has 0 saturated carbocycles. The first kappa shape index (κ1) is 17.3. The topological polar surface area (TPSA) is 74.4 Å². The van der Waals surface area contributed by atoms with Crippen molar-refractivity contribution in [1.82, 2.24) is 4.98 Å². The lowest BCUT2D eigenvalue weighted by molar-refractivity contribution is -0.0186. The van der Waals surface area contributed by atoms with Crippen molar-refractivity contribution in [2.45, 2.75) is 32.8 Å². The molecule has 7 heteroatoms. The van der Waals surface area contributed by atoms with Gasteiger partial charge in [0.15, 0.2) is 10.9 Å². The van der Waals surface area contributed by atoms with Crippen LogP contribution in [0.1, 0.15) is 27.2 Å². The fourth-order valence-electron chi connectivity index (χ4n) is 1.97. The van der Waals surface area contributed by atoms with Crippen LogP contribution in [-0.4, -0.2) is 23.3 Å². The van der Waals surface area contributed by atoms with E-state index in [1.165, 1.54) is 0 Å². The van der Waals surface area contributed by atoms with Crippen LogP contribution in [0.3, 0.4) is 0 Å². The number of hydrogen-bond acceptors (Lipinski definition) is 4. The number of ether oxygens (including phenoxy) is 2. The highest BCUT2D eigenvalue weighted by Gasteiger charge is 2.30. The fraction of sp³-hybridized carbons (Fsp3) is 0.538. The standard InChI is InChI=1S/C13H18ClIN2O3/c1-8(2)6-13(3,20-12(16)18)7-19-9-4-5-10(15)17-11(9)14/h4-5,8H,6-7H2,1-3H3,(H2,16,18). The summed E-state index contributed by atoms with van der Waals surface area (Å²) in [5.74, 6) is 0.781. The van der Waals surface area contributed by atoms with Gasteiger partial charge in [0, 0.05) is 0 Å². The third kappa shape index (κ3) is 5.70. The van der Waals surface area contributed by atoms with Crippen molar-refractivity contribution in [3.05, 3.63) is 21.0 Å². The van der Waals surface area contributed by atoms with Crippen molar-refractivity contribution >= 4 is 40.3 Å². The van der Waals surface area contributed by atoms with Gasteiger partial charge in [-0.25, -0.2) is 9.78 Å². The molecular formula is C13H18ClIN2O3. The largest absolute Gasteiger partial charge is 0.486 e. The summed E-state index contributed by atoms with van der Waals surface area (Å²) < 4.78 is 11.6. The highest BCUT2D eigenvalue weighted by molar-refractivity contribution is 14.1. The SMILES string of the molecule is CC(C)CC(C)(COc1ccc(I)nc1Cl)OC(N)=O. The van der Waals surface area contributed by atoms with Gasteiger partial charge >= 0.3 is 6.09 Å². The second-order valence-electron chi connectivity index (χ2n) is 5.18. The predicted molar refractivity (Wildman–Crippen MR) is 86.0 cm³/mol. The quantitative estimate of drug-likeness (QED) is 0.572. The minimum atomic E-state index is -0.816. The molecule has 1 aromatic heterocycles. The molecule has 0 saturated heterocycles. The summed E-state index contributed by atoms with van der Waals surface area (Å²) in [7, 11) is 0. The van der Waals surface area contributed by atoms with Crippen LogP contribution in [0.25, 0.3) is 0 Å². The van der Waals surface area contributed by atoms with Gasteiger partial charge in [-0.05, 0) is 54.0 Å². The summed E-state index contributed by atoms with van der Waals surface area (Å²) in [5, 5.41) is 0.280. The lowest BCUT2D eigenvalue weighted by Gasteiger charge is -2.30. The third-order valence-corrected chi connectivity index (χ3v) is 3.37. The molecule has 1 amide bonds. The zero-order valence-corrected chi connectivity index (χ0v) is 14.6. The zero-order chi connectivity index (χ0) is 15.3. The van der Waals surface area contributed by atoms with Crippen molar-refractivity contribution in [1.29, 1.82) is 0 Å². The number of aromatic nitrogens is 1. The Labute approximate surface area is 137 Å². The number of nitrogens with zero attached hydrogens (tertiary/aromatic N) is 1. The monoisotopic (exact) mass is 412 g/mol. The molecule has 0 aliphatic carbocycles. The molecule has 0 spiro atoms. The highest BCUT2D eigenvalue weighted by atomic mass is 127. The summed E-state index contributed by atoms with van der Waals surface area (Å²) >= 11 is 8.06. The number of pyridine rings is 1. The van der Waals surface area contributed by atoms with Crippen molar-refractivity contribution in [2.75, 3.05) is 6.61 Å². The second kappa shape index (κ2) is 7.31. The summed E-state index contributed by atoms with van der Waals surface area (Å²) in [6, 6.07) is 3.52. The zero-order valence-electron chi connectivity index (χ0n) is 11.7. The molecule has 5 nitrogen and oxygen atoms in total. The van der Waals surface area contributed by atoms with E-state index in [4.69, 9.17) is 26.8 Å². The summed E-state index contributed by atoms with van der Waals surface area (Å²) in [4.78, 5) is 15.1. The average Bonchev–Trinajstić information content (AvgIpc) is 2.25. The van der Waals surface area contributed by atoms with E-state index in [-0.39, 0.29) is 11.8 Å². The molecule has 1 rings (SSSR count). The minimum absolute atomic E-state index is 0.163. The first-order chi connectivity index (χ1) is 9.22. The van der Waals surface area contributed by atoms with Gasteiger partial charge in [0.2, 0.25) is 0 Å². The molecule has 0 aliphatic rings. The summed E-state index contributed by atoms with van der Waals surface area (Å²) in [5.41, 5.74) is 4.32. The van der Waals surface area contributed by atoms with Gasteiger partial charge in [-0.15, -0.1) is 0 Å². The molecular weight excluding hydrogens is 395 g/mol. The molecule has 20 heavy (non-hydrogen) atoms. The molecule has 1 atom stereocenters. The van der Waals surface area contributed by atoms with E-state index in [9.17, 15) is 4.79 Å². The van der Waals surface area contributed by atoms with Crippen LogP contribution >= 0.6 is 34.2 Å². The minimum Gasteiger partial charge on any atom is -0.486 e. The number of nitrogens with two attached hydrogens (primary N) is 1. The molecule has 0 radical (unpaired) electrons. The van der Waals surface area contributed by atoms with Gasteiger partial charge in [-0.1, -0.05) is 25.4 Å². The van der Waals surface area contributed by atoms with E-state index in [1.807, 2.05) is 13.8 Å². The Morgan fingerprint density at radius 2 is 2.20 bits per heavy atom. The van der Waals surface area contributed by atoms with Crippen molar-refractivity contribution in [2.24, 2.45) is 11.7 Å². The molecule has 0 aromatic carbocycles. The fourth-order valence-corrected chi connectivity index (χ4v) is 2.75. The third-order valence-electron chi connectivity index (χ3n) is 2.50. The van der Waals surface area contributed by atoms with E-state index < -0.39 is 11.7 Å². The van der Waals surface area contributed by atoms with Crippen LogP contribution in [-0.2, 0) is 4.74 Å². The number of halogens is 2. The molecule has 0 aliphatic heterocycles. The maximum atomic E-state index is 11.0. The normalized spacial score (nSPS) is 13.9. The van der Waals surface area contributed by atoms with Gasteiger partial charge < -0.3 is 15.2 Å². The number of amides is 1. The average molecular weight is 413 g/mol. The molecule has 112 valence electrons. The van der Waals surface area contributed by atoms with Gasteiger partial charge in [-0.2, -0.15) is 0 Å². The van der Waals surface area contributed by atoms with Crippen LogP contribution in [0, 0.1) is 9.62 Å². The maximum Gasteiger partial charge on any atom is 0.405 e. The number of primary amides is 1. The van der Waals surface area contributed by atoms with Crippen LogP contribution in [0.5, 0.6) is 5.75 Å². The smallest absolute Gasteiger partial charge is 0.405 e. The van der Waals surface area contributed by atoms with Gasteiger partial charge in [0.1, 0.15) is 15.9 Å². The number of carbonyl (C=O) groups excluding carboxylic acids is 1.